The smallest absolute Gasteiger partial charge is 0.261 e. The molecule has 0 N–H and O–H groups in total. The molecule has 2 aromatic heterocycles. The first kappa shape index (κ1) is 18.4. The lowest BCUT2D eigenvalue weighted by Gasteiger charge is -2.36. The first-order chi connectivity index (χ1) is 13.6. The van der Waals surface area contributed by atoms with E-state index in [1.54, 1.807) is 6.07 Å². The molecule has 146 valence electrons. The van der Waals surface area contributed by atoms with Crippen molar-refractivity contribution < 1.29 is 8.78 Å². The summed E-state index contributed by atoms with van der Waals surface area (Å²) in [6, 6.07) is 5.39. The van der Waals surface area contributed by atoms with Gasteiger partial charge in [-0.2, -0.15) is 0 Å². The zero-order chi connectivity index (χ0) is 19.5. The van der Waals surface area contributed by atoms with E-state index in [9.17, 15) is 13.6 Å². The molecule has 28 heavy (non-hydrogen) atoms. The predicted molar refractivity (Wildman–Crippen MR) is 102 cm³/mol. The molecule has 0 saturated carbocycles. The number of fused-ring (bicyclic) bond motifs is 1. The van der Waals surface area contributed by atoms with Gasteiger partial charge in [-0.1, -0.05) is 0 Å². The van der Waals surface area contributed by atoms with Crippen LogP contribution in [0, 0.1) is 0 Å². The molecular formula is C19H20F2N6O. The third-order valence-electron chi connectivity index (χ3n) is 4.90. The molecule has 0 aliphatic carbocycles. The number of nitrogens with zero attached hydrogens (tertiary/aromatic N) is 6. The highest BCUT2D eigenvalue weighted by atomic mass is 19.3. The van der Waals surface area contributed by atoms with E-state index < -0.39 is 18.5 Å². The summed E-state index contributed by atoms with van der Waals surface area (Å²) in [4.78, 5) is 29.2. The van der Waals surface area contributed by atoms with Gasteiger partial charge < -0.3 is 4.90 Å². The van der Waals surface area contributed by atoms with Crippen LogP contribution < -0.4 is 10.5 Å². The van der Waals surface area contributed by atoms with Gasteiger partial charge in [-0.05, 0) is 18.2 Å². The Bertz CT molecular complexity index is 1000. The largest absolute Gasteiger partial charge is 0.369 e. The minimum atomic E-state index is -2.59. The molecule has 0 bridgehead atoms. The van der Waals surface area contributed by atoms with Gasteiger partial charge in [-0.25, -0.2) is 23.7 Å². The van der Waals surface area contributed by atoms with Crippen molar-refractivity contribution in [2.75, 3.05) is 31.1 Å². The molecule has 4 rings (SSSR count). The van der Waals surface area contributed by atoms with Crippen LogP contribution in [0.3, 0.4) is 0 Å². The molecule has 1 fully saturated rings. The van der Waals surface area contributed by atoms with Gasteiger partial charge in [-0.3, -0.25) is 14.3 Å². The summed E-state index contributed by atoms with van der Waals surface area (Å²) in [5.74, 6) is 0. The van der Waals surface area contributed by atoms with E-state index in [-0.39, 0.29) is 0 Å². The van der Waals surface area contributed by atoms with Crippen LogP contribution in [0.25, 0.3) is 10.9 Å². The summed E-state index contributed by atoms with van der Waals surface area (Å²) in [7, 11) is 0. The molecule has 7 nitrogen and oxygen atoms in total. The highest BCUT2D eigenvalue weighted by Gasteiger charge is 2.18. The van der Waals surface area contributed by atoms with E-state index in [4.69, 9.17) is 0 Å². The Balaban J connectivity index is 1.46. The van der Waals surface area contributed by atoms with Gasteiger partial charge in [0.25, 0.3) is 12.0 Å². The highest BCUT2D eigenvalue weighted by Crippen LogP contribution is 2.21. The first-order valence-corrected chi connectivity index (χ1v) is 9.09. The molecule has 1 saturated heterocycles. The van der Waals surface area contributed by atoms with E-state index in [1.807, 2.05) is 24.5 Å². The fourth-order valence-electron chi connectivity index (χ4n) is 3.46. The fraction of sp³-hybridized carbons (Fsp3) is 0.368. The van der Waals surface area contributed by atoms with Gasteiger partial charge in [0.15, 0.2) is 0 Å². The molecule has 0 spiro atoms. The Hall–Kier alpha value is -2.94. The molecular weight excluding hydrogens is 366 g/mol. The lowest BCUT2D eigenvalue weighted by molar-refractivity contribution is 0.125. The molecule has 0 radical (unpaired) electrons. The minimum Gasteiger partial charge on any atom is -0.369 e. The van der Waals surface area contributed by atoms with E-state index in [1.165, 1.54) is 12.7 Å². The average molecular weight is 386 g/mol. The molecule has 0 amide bonds. The number of rotatable bonds is 5. The number of hydrogen-bond donors (Lipinski definition) is 0. The second-order valence-electron chi connectivity index (χ2n) is 6.80. The van der Waals surface area contributed by atoms with Crippen LogP contribution >= 0.6 is 0 Å². The second kappa shape index (κ2) is 7.97. The van der Waals surface area contributed by atoms with Crippen molar-refractivity contribution >= 4 is 16.6 Å². The standard InChI is InChI=1S/C19H20F2N6O/c20-18(21)11-27-13-24-17-7-15(1-2-16(17)19(27)28)26-5-3-25(4-6-26)10-14-8-22-12-23-9-14/h1-2,7-9,12-13,18H,3-6,10-11H2. The Morgan fingerprint density at radius 3 is 2.54 bits per heavy atom. The fourth-order valence-corrected chi connectivity index (χ4v) is 3.46. The minimum absolute atomic E-state index is 0.356. The van der Waals surface area contributed by atoms with Crippen molar-refractivity contribution in [2.45, 2.75) is 19.5 Å². The predicted octanol–water partition coefficient (Wildman–Crippen LogP) is 1.77. The van der Waals surface area contributed by atoms with E-state index in [2.05, 4.69) is 24.8 Å². The van der Waals surface area contributed by atoms with Crippen molar-refractivity contribution in [1.82, 2.24) is 24.4 Å². The number of hydrogen-bond acceptors (Lipinski definition) is 6. The van der Waals surface area contributed by atoms with Crippen molar-refractivity contribution in [1.29, 1.82) is 0 Å². The van der Waals surface area contributed by atoms with E-state index in [0.29, 0.717) is 10.9 Å². The van der Waals surface area contributed by atoms with E-state index in [0.717, 1.165) is 48.5 Å². The number of halogens is 2. The Labute approximate surface area is 160 Å². The Morgan fingerprint density at radius 1 is 1.07 bits per heavy atom. The summed E-state index contributed by atoms with van der Waals surface area (Å²) >= 11 is 0. The molecule has 1 aromatic carbocycles. The van der Waals surface area contributed by atoms with Crippen LogP contribution in [-0.2, 0) is 13.1 Å². The summed E-state index contributed by atoms with van der Waals surface area (Å²) in [6.45, 7) is 3.67. The number of anilines is 1. The van der Waals surface area contributed by atoms with Gasteiger partial charge in [-0.15, -0.1) is 0 Å². The van der Waals surface area contributed by atoms with Gasteiger partial charge in [0.1, 0.15) is 6.33 Å². The number of alkyl halides is 2. The average Bonchev–Trinajstić information content (AvgIpc) is 2.71. The molecule has 3 heterocycles. The van der Waals surface area contributed by atoms with Crippen molar-refractivity contribution in [3.05, 3.63) is 59.2 Å². The van der Waals surface area contributed by atoms with Gasteiger partial charge in [0, 0.05) is 56.4 Å². The summed E-state index contributed by atoms with van der Waals surface area (Å²) in [5, 5.41) is 0.356. The molecule has 0 unspecified atom stereocenters. The zero-order valence-corrected chi connectivity index (χ0v) is 15.2. The van der Waals surface area contributed by atoms with Crippen LogP contribution in [0.5, 0.6) is 0 Å². The third-order valence-corrected chi connectivity index (χ3v) is 4.90. The lowest BCUT2D eigenvalue weighted by Crippen LogP contribution is -2.46. The maximum Gasteiger partial charge on any atom is 0.261 e. The molecule has 1 aliphatic heterocycles. The molecule has 0 atom stereocenters. The summed E-state index contributed by atoms with van der Waals surface area (Å²) < 4.78 is 26.1. The maximum absolute atomic E-state index is 12.6. The quantitative estimate of drug-likeness (QED) is 0.666. The first-order valence-electron chi connectivity index (χ1n) is 9.09. The molecule has 1 aliphatic rings. The van der Waals surface area contributed by atoms with Crippen molar-refractivity contribution in [3.8, 4) is 0 Å². The van der Waals surface area contributed by atoms with Crippen LogP contribution in [0.2, 0.25) is 0 Å². The number of aromatic nitrogens is 4. The van der Waals surface area contributed by atoms with Gasteiger partial charge >= 0.3 is 0 Å². The third kappa shape index (κ3) is 3.99. The summed E-state index contributed by atoms with van der Waals surface area (Å²) in [5.41, 5.74) is 2.16. The molecule has 9 heteroatoms. The SMILES string of the molecule is O=c1c2ccc(N3CCN(Cc4cncnc4)CC3)cc2ncn1CC(F)F. The maximum atomic E-state index is 12.6. The number of piperazine rings is 1. The topological polar surface area (TPSA) is 67.2 Å². The van der Waals surface area contributed by atoms with Crippen molar-refractivity contribution in [3.63, 3.8) is 0 Å². The number of benzene rings is 1. The molecule has 3 aromatic rings. The Morgan fingerprint density at radius 2 is 1.82 bits per heavy atom. The van der Waals surface area contributed by atoms with E-state index >= 15 is 0 Å². The highest BCUT2D eigenvalue weighted by molar-refractivity contribution is 5.81. The zero-order valence-electron chi connectivity index (χ0n) is 15.2. The van der Waals surface area contributed by atoms with Gasteiger partial charge in [0.05, 0.1) is 23.8 Å². The van der Waals surface area contributed by atoms with Crippen molar-refractivity contribution in [2.24, 2.45) is 0 Å². The van der Waals surface area contributed by atoms with Crippen LogP contribution in [0.1, 0.15) is 5.56 Å². The van der Waals surface area contributed by atoms with Crippen LogP contribution in [0.15, 0.2) is 48.0 Å². The van der Waals surface area contributed by atoms with Crippen LogP contribution in [0.4, 0.5) is 14.5 Å². The normalized spacial score (nSPS) is 15.5. The summed E-state index contributed by atoms with van der Waals surface area (Å²) in [6.07, 6.45) is 3.79. The Kier molecular flexibility index (Phi) is 5.25. The second-order valence-corrected chi connectivity index (χ2v) is 6.80. The van der Waals surface area contributed by atoms with Crippen LogP contribution in [-0.4, -0.2) is 57.0 Å². The monoisotopic (exact) mass is 386 g/mol. The lowest BCUT2D eigenvalue weighted by atomic mass is 10.2. The van der Waals surface area contributed by atoms with Gasteiger partial charge in [0.2, 0.25) is 0 Å².